The van der Waals surface area contributed by atoms with Crippen molar-refractivity contribution in [1.82, 2.24) is 4.90 Å². The molecule has 1 aliphatic heterocycles. The molecule has 1 heterocycles. The molecule has 0 bridgehead atoms. The molecule has 3 rings (SSSR count). The van der Waals surface area contributed by atoms with E-state index >= 15 is 0 Å². The molecule has 2 aromatic carbocycles. The molecular weight excluding hydrogens is 473 g/mol. The Morgan fingerprint density at radius 3 is 2.44 bits per heavy atom. The largest absolute Gasteiger partial charge is 0.456 e. The molecule has 0 aromatic heterocycles. The molecule has 2 atom stereocenters. The zero-order chi connectivity index (χ0) is 24.9. The average Bonchev–Trinajstić information content (AvgIpc) is 3.33. The van der Waals surface area contributed by atoms with E-state index < -0.39 is 35.2 Å². The zero-order valence-corrected chi connectivity index (χ0v) is 21.4. The first-order valence-corrected chi connectivity index (χ1v) is 12.4. The molecule has 0 spiro atoms. The van der Waals surface area contributed by atoms with Gasteiger partial charge in [0.25, 0.3) is 5.91 Å². The van der Waals surface area contributed by atoms with E-state index in [-0.39, 0.29) is 0 Å². The SMILES string of the molecule is CCC(C)(C)C(=O)C(=O)N1CCC[C@H]1C(=O)O[C@H](CCc1ccccc1)c1ccc(Cl)c(Cl)c1. The number of carbonyl (C=O) groups is 3. The van der Waals surface area contributed by atoms with Crippen LogP contribution >= 0.6 is 23.2 Å². The van der Waals surface area contributed by atoms with Gasteiger partial charge in [-0.2, -0.15) is 0 Å². The molecule has 1 saturated heterocycles. The van der Waals surface area contributed by atoms with Gasteiger partial charge in [0.1, 0.15) is 12.1 Å². The summed E-state index contributed by atoms with van der Waals surface area (Å²) in [6.07, 6.45) is 2.32. The van der Waals surface area contributed by atoms with E-state index in [0.717, 1.165) is 11.1 Å². The number of hydrogen-bond acceptors (Lipinski definition) is 4. The van der Waals surface area contributed by atoms with Gasteiger partial charge in [-0.05, 0) is 55.4 Å². The van der Waals surface area contributed by atoms with Crippen molar-refractivity contribution in [3.05, 3.63) is 69.7 Å². The lowest BCUT2D eigenvalue weighted by Gasteiger charge is -2.28. The minimum Gasteiger partial charge on any atom is -0.456 e. The number of carbonyl (C=O) groups excluding carboxylic acids is 3. The standard InChI is InChI=1S/C27H31Cl2NO4/c1-4-27(2,3)24(31)25(32)30-16-8-11-22(30)26(33)34-23(15-12-18-9-6-5-7-10-18)19-13-14-20(28)21(29)17-19/h5-7,9-10,13-14,17,22-23H,4,8,11-12,15-16H2,1-3H3/t22-,23+/m0/s1. The van der Waals surface area contributed by atoms with Crippen molar-refractivity contribution in [3.63, 3.8) is 0 Å². The van der Waals surface area contributed by atoms with E-state index in [4.69, 9.17) is 27.9 Å². The van der Waals surface area contributed by atoms with E-state index in [1.54, 1.807) is 32.0 Å². The van der Waals surface area contributed by atoms with Crippen molar-refractivity contribution in [2.75, 3.05) is 6.54 Å². The van der Waals surface area contributed by atoms with Gasteiger partial charge in [-0.25, -0.2) is 4.79 Å². The second-order valence-electron chi connectivity index (χ2n) is 9.35. The maximum absolute atomic E-state index is 13.3. The van der Waals surface area contributed by atoms with Crippen LogP contribution in [0.2, 0.25) is 10.0 Å². The first kappa shape index (κ1) is 26.2. The summed E-state index contributed by atoms with van der Waals surface area (Å²) >= 11 is 12.3. The fraction of sp³-hybridized carbons (Fsp3) is 0.444. The minimum atomic E-state index is -0.772. The first-order chi connectivity index (χ1) is 16.1. The van der Waals surface area contributed by atoms with Gasteiger partial charge in [-0.3, -0.25) is 9.59 Å². The number of nitrogens with zero attached hydrogens (tertiary/aromatic N) is 1. The average molecular weight is 504 g/mol. The number of esters is 1. The lowest BCUT2D eigenvalue weighted by molar-refractivity contribution is -0.161. The van der Waals surface area contributed by atoms with Crippen LogP contribution in [-0.2, 0) is 25.5 Å². The zero-order valence-electron chi connectivity index (χ0n) is 19.9. The monoisotopic (exact) mass is 503 g/mol. The summed E-state index contributed by atoms with van der Waals surface area (Å²) in [6.45, 7) is 5.74. The number of likely N-dealkylation sites (tertiary alicyclic amines) is 1. The topological polar surface area (TPSA) is 63.7 Å². The van der Waals surface area contributed by atoms with Crippen LogP contribution in [0.1, 0.15) is 63.7 Å². The van der Waals surface area contributed by atoms with Gasteiger partial charge >= 0.3 is 5.97 Å². The predicted molar refractivity (Wildman–Crippen MR) is 134 cm³/mol. The Hall–Kier alpha value is -2.37. The number of amides is 1. The molecule has 7 heteroatoms. The molecule has 1 fully saturated rings. The summed E-state index contributed by atoms with van der Waals surface area (Å²) < 4.78 is 5.96. The van der Waals surface area contributed by atoms with Gasteiger partial charge in [0.05, 0.1) is 10.0 Å². The minimum absolute atomic E-state index is 0.367. The fourth-order valence-corrected chi connectivity index (χ4v) is 4.31. The summed E-state index contributed by atoms with van der Waals surface area (Å²) in [5.74, 6) is -1.58. The van der Waals surface area contributed by atoms with Crippen LogP contribution in [0.5, 0.6) is 0 Å². The third-order valence-electron chi connectivity index (χ3n) is 6.59. The molecular formula is C27H31Cl2NO4. The molecule has 0 radical (unpaired) electrons. The molecule has 0 N–H and O–H groups in total. The second-order valence-corrected chi connectivity index (χ2v) is 10.2. The quantitative estimate of drug-likeness (QED) is 0.301. The van der Waals surface area contributed by atoms with Crippen molar-refractivity contribution >= 4 is 40.9 Å². The highest BCUT2D eigenvalue weighted by molar-refractivity contribution is 6.42. The number of halogens is 2. The van der Waals surface area contributed by atoms with Crippen LogP contribution in [0.3, 0.4) is 0 Å². The molecule has 1 aliphatic rings. The Kier molecular flexibility index (Phi) is 8.78. The van der Waals surface area contributed by atoms with E-state index in [1.807, 2.05) is 37.3 Å². The normalized spacial score (nSPS) is 16.9. The van der Waals surface area contributed by atoms with Gasteiger partial charge in [0.15, 0.2) is 0 Å². The number of Topliss-reactive ketones (excluding diaryl/α,β-unsaturated/α-hetero) is 1. The van der Waals surface area contributed by atoms with Crippen molar-refractivity contribution in [1.29, 1.82) is 0 Å². The number of rotatable bonds is 9. The fourth-order valence-electron chi connectivity index (χ4n) is 4.00. The highest BCUT2D eigenvalue weighted by Gasteiger charge is 2.42. The molecule has 1 amide bonds. The first-order valence-electron chi connectivity index (χ1n) is 11.7. The lowest BCUT2D eigenvalue weighted by Crippen LogP contribution is -2.48. The maximum Gasteiger partial charge on any atom is 0.329 e. The molecule has 5 nitrogen and oxygen atoms in total. The number of ketones is 1. The summed E-state index contributed by atoms with van der Waals surface area (Å²) in [7, 11) is 0. The predicted octanol–water partition coefficient (Wildman–Crippen LogP) is 6.21. The molecule has 0 unspecified atom stereocenters. The van der Waals surface area contributed by atoms with Gasteiger partial charge in [0, 0.05) is 12.0 Å². The summed E-state index contributed by atoms with van der Waals surface area (Å²) in [6, 6.07) is 14.3. The Balaban J connectivity index is 1.78. The van der Waals surface area contributed by atoms with Crippen LogP contribution in [0, 0.1) is 5.41 Å². The van der Waals surface area contributed by atoms with Crippen molar-refractivity contribution in [2.45, 2.75) is 65.0 Å². The summed E-state index contributed by atoms with van der Waals surface area (Å²) in [4.78, 5) is 40.3. The lowest BCUT2D eigenvalue weighted by atomic mass is 9.84. The van der Waals surface area contributed by atoms with Gasteiger partial charge < -0.3 is 9.64 Å². The number of aryl methyl sites for hydroxylation is 1. The Morgan fingerprint density at radius 2 is 1.79 bits per heavy atom. The van der Waals surface area contributed by atoms with E-state index in [2.05, 4.69) is 0 Å². The highest BCUT2D eigenvalue weighted by Crippen LogP contribution is 2.32. The van der Waals surface area contributed by atoms with Crippen LogP contribution in [0.4, 0.5) is 0 Å². The van der Waals surface area contributed by atoms with Crippen LogP contribution in [0.15, 0.2) is 48.5 Å². The molecule has 182 valence electrons. The Morgan fingerprint density at radius 1 is 1.09 bits per heavy atom. The van der Waals surface area contributed by atoms with E-state index in [1.165, 1.54) is 4.90 Å². The van der Waals surface area contributed by atoms with Crippen LogP contribution in [0.25, 0.3) is 0 Å². The Labute approximate surface area is 211 Å². The van der Waals surface area contributed by atoms with Gasteiger partial charge in [-0.15, -0.1) is 0 Å². The van der Waals surface area contributed by atoms with Crippen LogP contribution in [-0.4, -0.2) is 35.1 Å². The maximum atomic E-state index is 13.3. The molecule has 2 aromatic rings. The summed E-state index contributed by atoms with van der Waals surface area (Å²) in [5.41, 5.74) is 1.08. The van der Waals surface area contributed by atoms with E-state index in [0.29, 0.717) is 48.7 Å². The third-order valence-corrected chi connectivity index (χ3v) is 7.33. The summed E-state index contributed by atoms with van der Waals surface area (Å²) in [5, 5.41) is 0.799. The van der Waals surface area contributed by atoms with Crippen molar-refractivity contribution in [2.24, 2.45) is 5.41 Å². The Bertz CT molecular complexity index is 1040. The molecule has 34 heavy (non-hydrogen) atoms. The molecule has 0 saturated carbocycles. The van der Waals surface area contributed by atoms with Gasteiger partial charge in [0.2, 0.25) is 5.78 Å². The molecule has 0 aliphatic carbocycles. The smallest absolute Gasteiger partial charge is 0.329 e. The van der Waals surface area contributed by atoms with E-state index in [9.17, 15) is 14.4 Å². The van der Waals surface area contributed by atoms with Crippen molar-refractivity contribution in [3.8, 4) is 0 Å². The third kappa shape index (κ3) is 6.19. The highest BCUT2D eigenvalue weighted by atomic mass is 35.5. The van der Waals surface area contributed by atoms with Crippen LogP contribution < -0.4 is 0 Å². The van der Waals surface area contributed by atoms with Crippen molar-refractivity contribution < 1.29 is 19.1 Å². The number of hydrogen-bond donors (Lipinski definition) is 0. The van der Waals surface area contributed by atoms with Gasteiger partial charge in [-0.1, -0.05) is 80.4 Å². The number of ether oxygens (including phenoxy) is 1. The number of benzene rings is 2. The second kappa shape index (κ2) is 11.4.